The number of rotatable bonds is 6. The summed E-state index contributed by atoms with van der Waals surface area (Å²) < 4.78 is 0.773. The van der Waals surface area contributed by atoms with E-state index in [1.807, 2.05) is 0 Å². The van der Waals surface area contributed by atoms with Gasteiger partial charge in [-0.25, -0.2) is 0 Å². The number of nitrogens with zero attached hydrogens (tertiary/aromatic N) is 1. The number of hydrogen-bond acceptors (Lipinski definition) is 3. The highest BCUT2D eigenvalue weighted by molar-refractivity contribution is 8.23. The molecule has 1 saturated heterocycles. The Morgan fingerprint density at radius 3 is 2.73 bits per heavy atom. The minimum absolute atomic E-state index is 0.194. The summed E-state index contributed by atoms with van der Waals surface area (Å²) in [5.74, 6) is 1.36. The molecule has 0 aromatic heterocycles. The quantitative estimate of drug-likeness (QED) is 0.671. The Hall–Kier alpha value is -0.0900. The zero-order valence-electron chi connectivity index (χ0n) is 9.49. The molecule has 0 saturated carbocycles. The molecule has 0 aromatic carbocycles. The normalized spacial score (nSPS) is 18.7. The van der Waals surface area contributed by atoms with Crippen LogP contribution in [0.1, 0.15) is 39.5 Å². The number of amides is 1. The summed E-state index contributed by atoms with van der Waals surface area (Å²) in [5.41, 5.74) is 0. The molecule has 0 aromatic rings. The molecule has 2 nitrogen and oxygen atoms in total. The van der Waals surface area contributed by atoms with Crippen LogP contribution in [0, 0.1) is 5.92 Å². The first-order chi connectivity index (χ1) is 7.19. The van der Waals surface area contributed by atoms with Crippen molar-refractivity contribution < 1.29 is 4.79 Å². The van der Waals surface area contributed by atoms with Crippen LogP contribution < -0.4 is 0 Å². The van der Waals surface area contributed by atoms with Gasteiger partial charge >= 0.3 is 0 Å². The molecule has 1 fully saturated rings. The second kappa shape index (κ2) is 6.48. The van der Waals surface area contributed by atoms with Crippen molar-refractivity contribution in [1.82, 2.24) is 4.90 Å². The van der Waals surface area contributed by atoms with Crippen LogP contribution in [0.25, 0.3) is 0 Å². The first-order valence-corrected chi connectivity index (χ1v) is 7.05. The van der Waals surface area contributed by atoms with Gasteiger partial charge in [0, 0.05) is 6.54 Å². The van der Waals surface area contributed by atoms with Crippen LogP contribution >= 0.6 is 24.0 Å². The van der Waals surface area contributed by atoms with Gasteiger partial charge in [-0.15, -0.1) is 0 Å². The maximum absolute atomic E-state index is 11.5. The van der Waals surface area contributed by atoms with Crippen LogP contribution in [0.4, 0.5) is 0 Å². The van der Waals surface area contributed by atoms with Crippen molar-refractivity contribution in [2.45, 2.75) is 39.5 Å². The monoisotopic (exact) mass is 245 g/mol. The third-order valence-electron chi connectivity index (χ3n) is 2.82. The molecule has 0 N–H and O–H groups in total. The van der Waals surface area contributed by atoms with E-state index in [2.05, 4.69) is 13.8 Å². The van der Waals surface area contributed by atoms with Crippen molar-refractivity contribution in [1.29, 1.82) is 0 Å². The van der Waals surface area contributed by atoms with Gasteiger partial charge in [-0.1, -0.05) is 57.1 Å². The maximum atomic E-state index is 11.5. The third-order valence-corrected chi connectivity index (χ3v) is 4.26. The van der Waals surface area contributed by atoms with Crippen molar-refractivity contribution in [2.75, 3.05) is 12.3 Å². The fourth-order valence-corrected chi connectivity index (χ4v) is 2.82. The Morgan fingerprint density at radius 1 is 1.53 bits per heavy atom. The summed E-state index contributed by atoms with van der Waals surface area (Å²) in [6.07, 6.45) is 4.82. The van der Waals surface area contributed by atoms with Crippen LogP contribution in [0.2, 0.25) is 0 Å². The lowest BCUT2D eigenvalue weighted by atomic mass is 9.99. The molecular formula is C11H19NOS2. The first-order valence-electron chi connectivity index (χ1n) is 5.66. The Bertz CT molecular complexity index is 227. The summed E-state index contributed by atoms with van der Waals surface area (Å²) in [5, 5.41) is 0. The molecule has 15 heavy (non-hydrogen) atoms. The zero-order valence-corrected chi connectivity index (χ0v) is 11.1. The summed E-state index contributed by atoms with van der Waals surface area (Å²) in [7, 11) is 0. The van der Waals surface area contributed by atoms with Crippen LogP contribution in [-0.4, -0.2) is 27.4 Å². The number of unbranched alkanes of at least 4 members (excludes halogenated alkanes) is 1. The molecule has 1 rings (SSSR count). The van der Waals surface area contributed by atoms with E-state index in [-0.39, 0.29) is 5.91 Å². The van der Waals surface area contributed by atoms with Crippen molar-refractivity contribution in [2.24, 2.45) is 5.92 Å². The van der Waals surface area contributed by atoms with Gasteiger partial charge < -0.3 is 0 Å². The molecular weight excluding hydrogens is 226 g/mol. The molecule has 1 atom stereocenters. The molecule has 1 aliphatic rings. The van der Waals surface area contributed by atoms with Gasteiger partial charge in [-0.3, -0.25) is 9.69 Å². The van der Waals surface area contributed by atoms with Gasteiger partial charge in [0.05, 0.1) is 5.75 Å². The molecule has 1 amide bonds. The van der Waals surface area contributed by atoms with Gasteiger partial charge in [0.25, 0.3) is 0 Å². The van der Waals surface area contributed by atoms with Gasteiger partial charge in [-0.2, -0.15) is 0 Å². The number of carbonyl (C=O) groups is 1. The van der Waals surface area contributed by atoms with E-state index in [4.69, 9.17) is 12.2 Å². The number of carbonyl (C=O) groups excluding carboxylic acids is 1. The molecule has 1 heterocycles. The number of thioether (sulfide) groups is 1. The molecule has 86 valence electrons. The molecule has 1 aliphatic heterocycles. The highest BCUT2D eigenvalue weighted by Gasteiger charge is 2.27. The lowest BCUT2D eigenvalue weighted by Crippen LogP contribution is -2.33. The van der Waals surface area contributed by atoms with E-state index in [9.17, 15) is 4.79 Å². The van der Waals surface area contributed by atoms with E-state index in [1.165, 1.54) is 31.0 Å². The van der Waals surface area contributed by atoms with Crippen molar-refractivity contribution in [3.63, 3.8) is 0 Å². The fraction of sp³-hybridized carbons (Fsp3) is 0.818. The fourth-order valence-electron chi connectivity index (χ4n) is 1.73. The summed E-state index contributed by atoms with van der Waals surface area (Å²) in [4.78, 5) is 13.3. The average molecular weight is 245 g/mol. The minimum atomic E-state index is 0.194. The Morgan fingerprint density at radius 2 is 2.27 bits per heavy atom. The van der Waals surface area contributed by atoms with Gasteiger partial charge in [0.1, 0.15) is 4.32 Å². The van der Waals surface area contributed by atoms with Crippen LogP contribution in [-0.2, 0) is 4.79 Å². The smallest absolute Gasteiger partial charge is 0.238 e. The first kappa shape index (κ1) is 13.0. The Labute approximate surface area is 102 Å². The number of thiocarbonyl (C=S) groups is 1. The van der Waals surface area contributed by atoms with E-state index in [0.29, 0.717) is 11.7 Å². The van der Waals surface area contributed by atoms with Gasteiger partial charge in [-0.05, 0) is 12.3 Å². The van der Waals surface area contributed by atoms with Crippen molar-refractivity contribution >= 4 is 34.2 Å². The Balaban J connectivity index is 2.43. The second-order valence-corrected chi connectivity index (χ2v) is 5.58. The predicted molar refractivity (Wildman–Crippen MR) is 70.1 cm³/mol. The largest absolute Gasteiger partial charge is 0.297 e. The molecule has 0 bridgehead atoms. The van der Waals surface area contributed by atoms with E-state index in [0.717, 1.165) is 17.3 Å². The van der Waals surface area contributed by atoms with Crippen molar-refractivity contribution in [3.05, 3.63) is 0 Å². The highest BCUT2D eigenvalue weighted by atomic mass is 32.2. The number of hydrogen-bond donors (Lipinski definition) is 0. The van der Waals surface area contributed by atoms with Crippen LogP contribution in [0.3, 0.4) is 0 Å². The van der Waals surface area contributed by atoms with Crippen LogP contribution in [0.15, 0.2) is 0 Å². The standard InChI is InChI=1S/C11H19NOS2/c1-3-5-6-9(4-2)7-12-10(13)8-15-11(12)14/h9H,3-8H2,1-2H3/t9-/m1/s1. The topological polar surface area (TPSA) is 20.3 Å². The lowest BCUT2D eigenvalue weighted by Gasteiger charge is -2.21. The molecule has 0 aliphatic carbocycles. The predicted octanol–water partition coefficient (Wildman–Crippen LogP) is 3.06. The third kappa shape index (κ3) is 3.76. The summed E-state index contributed by atoms with van der Waals surface area (Å²) in [6.45, 7) is 5.23. The highest BCUT2D eigenvalue weighted by Crippen LogP contribution is 2.23. The van der Waals surface area contributed by atoms with Crippen molar-refractivity contribution in [3.8, 4) is 0 Å². The Kier molecular flexibility index (Phi) is 5.61. The molecule has 0 radical (unpaired) electrons. The lowest BCUT2D eigenvalue weighted by molar-refractivity contribution is -0.124. The SMILES string of the molecule is CCCC[C@@H](CC)CN1C(=O)CSC1=S. The van der Waals surface area contributed by atoms with E-state index >= 15 is 0 Å². The molecule has 4 heteroatoms. The zero-order chi connectivity index (χ0) is 11.3. The van der Waals surface area contributed by atoms with Gasteiger partial charge in [0.2, 0.25) is 5.91 Å². The van der Waals surface area contributed by atoms with Crippen LogP contribution in [0.5, 0.6) is 0 Å². The molecule has 0 unspecified atom stereocenters. The molecule has 0 spiro atoms. The minimum Gasteiger partial charge on any atom is -0.297 e. The average Bonchev–Trinajstić information content (AvgIpc) is 2.55. The van der Waals surface area contributed by atoms with Gasteiger partial charge in [0.15, 0.2) is 0 Å². The van der Waals surface area contributed by atoms with E-state index < -0.39 is 0 Å². The summed E-state index contributed by atoms with van der Waals surface area (Å²) in [6, 6.07) is 0. The van der Waals surface area contributed by atoms with E-state index in [1.54, 1.807) is 4.90 Å². The second-order valence-electron chi connectivity index (χ2n) is 3.98. The summed E-state index contributed by atoms with van der Waals surface area (Å²) >= 11 is 6.66. The maximum Gasteiger partial charge on any atom is 0.238 e.